The van der Waals surface area contributed by atoms with Crippen LogP contribution >= 0.6 is 0 Å². The van der Waals surface area contributed by atoms with Crippen molar-refractivity contribution < 1.29 is 19.7 Å². The average Bonchev–Trinajstić information content (AvgIpc) is 2.29. The first-order valence-corrected chi connectivity index (χ1v) is 6.09. The van der Waals surface area contributed by atoms with Crippen molar-refractivity contribution in [3.63, 3.8) is 0 Å². The van der Waals surface area contributed by atoms with Crippen LogP contribution in [0, 0.1) is 5.41 Å². The Bertz CT molecular complexity index is 213. The lowest BCUT2D eigenvalue weighted by molar-refractivity contribution is -0.154. The number of carbonyl (C=O) groups is 1. The van der Waals surface area contributed by atoms with Gasteiger partial charge in [-0.2, -0.15) is 0 Å². The fraction of sp³-hybridized carbons (Fsp3) is 0.917. The lowest BCUT2D eigenvalue weighted by atomic mass is 9.91. The van der Waals surface area contributed by atoms with Crippen LogP contribution < -0.4 is 0 Å². The molecule has 0 radical (unpaired) electrons. The van der Waals surface area contributed by atoms with Gasteiger partial charge in [0.2, 0.25) is 0 Å². The topological polar surface area (TPSA) is 70.0 Å². The maximum Gasteiger partial charge on any atom is 0.311 e. The van der Waals surface area contributed by atoms with Gasteiger partial charge in [-0.25, -0.2) is 0 Å². The van der Waals surface area contributed by atoms with Gasteiger partial charge in [-0.05, 0) is 20.3 Å². The summed E-state index contributed by atoms with van der Waals surface area (Å²) in [6.45, 7) is 7.52. The Labute approximate surface area is 103 Å². The summed E-state index contributed by atoms with van der Waals surface area (Å²) in [4.78, 5) is 13.5. The number of esters is 1. The standard InChI is InChI=1S/C12H25NO4/c1-4-12(2,3)11(16)17-10-7-13(5-8-14)6-9-15/h14-15H,4-10H2,1-3H3. The highest BCUT2D eigenvalue weighted by atomic mass is 16.5. The summed E-state index contributed by atoms with van der Waals surface area (Å²) in [5, 5.41) is 17.6. The predicted octanol–water partition coefficient (Wildman–Crippen LogP) is 0.252. The second kappa shape index (κ2) is 8.44. The zero-order chi connectivity index (χ0) is 13.3. The van der Waals surface area contributed by atoms with Gasteiger partial charge in [0.1, 0.15) is 6.61 Å². The van der Waals surface area contributed by atoms with E-state index in [-0.39, 0.29) is 19.2 Å². The molecule has 0 aromatic carbocycles. The molecule has 0 aliphatic heterocycles. The summed E-state index contributed by atoms with van der Waals surface area (Å²) >= 11 is 0. The molecule has 0 aromatic rings. The maximum absolute atomic E-state index is 11.7. The minimum Gasteiger partial charge on any atom is -0.464 e. The highest BCUT2D eigenvalue weighted by Gasteiger charge is 2.26. The Morgan fingerprint density at radius 3 is 2.12 bits per heavy atom. The SMILES string of the molecule is CCC(C)(C)C(=O)OCCN(CCO)CCO. The molecular weight excluding hydrogens is 222 g/mol. The number of ether oxygens (including phenoxy) is 1. The van der Waals surface area contributed by atoms with Crippen molar-refractivity contribution in [3.05, 3.63) is 0 Å². The Hall–Kier alpha value is -0.650. The van der Waals surface area contributed by atoms with E-state index in [0.29, 0.717) is 26.2 Å². The Morgan fingerprint density at radius 1 is 1.18 bits per heavy atom. The van der Waals surface area contributed by atoms with Gasteiger partial charge in [-0.3, -0.25) is 9.69 Å². The molecule has 102 valence electrons. The minimum absolute atomic E-state index is 0.0361. The average molecular weight is 247 g/mol. The molecule has 17 heavy (non-hydrogen) atoms. The summed E-state index contributed by atoms with van der Waals surface area (Å²) in [5.41, 5.74) is -0.446. The molecule has 0 amide bonds. The summed E-state index contributed by atoms with van der Waals surface area (Å²) in [5.74, 6) is -0.201. The van der Waals surface area contributed by atoms with Crippen molar-refractivity contribution >= 4 is 5.97 Å². The Balaban J connectivity index is 3.91. The van der Waals surface area contributed by atoms with Gasteiger partial charge in [0.05, 0.1) is 18.6 Å². The molecule has 5 heteroatoms. The van der Waals surface area contributed by atoms with E-state index >= 15 is 0 Å². The number of aliphatic hydroxyl groups excluding tert-OH is 2. The number of rotatable bonds is 9. The van der Waals surface area contributed by atoms with Gasteiger partial charge in [-0.15, -0.1) is 0 Å². The van der Waals surface area contributed by atoms with E-state index in [2.05, 4.69) is 0 Å². The minimum atomic E-state index is -0.446. The van der Waals surface area contributed by atoms with E-state index in [1.165, 1.54) is 0 Å². The summed E-state index contributed by atoms with van der Waals surface area (Å²) in [6, 6.07) is 0. The summed E-state index contributed by atoms with van der Waals surface area (Å²) < 4.78 is 5.18. The van der Waals surface area contributed by atoms with Crippen molar-refractivity contribution in [2.45, 2.75) is 27.2 Å². The van der Waals surface area contributed by atoms with Crippen LogP contribution in [0.3, 0.4) is 0 Å². The van der Waals surface area contributed by atoms with Crippen LogP contribution in [-0.2, 0) is 9.53 Å². The molecule has 0 unspecified atom stereocenters. The third kappa shape index (κ3) is 6.61. The van der Waals surface area contributed by atoms with Crippen LogP contribution in [0.5, 0.6) is 0 Å². The maximum atomic E-state index is 11.7. The molecule has 0 heterocycles. The van der Waals surface area contributed by atoms with Crippen molar-refractivity contribution in [1.29, 1.82) is 0 Å². The zero-order valence-corrected chi connectivity index (χ0v) is 11.1. The fourth-order valence-corrected chi connectivity index (χ4v) is 1.23. The molecule has 0 saturated carbocycles. The lowest BCUT2D eigenvalue weighted by Crippen LogP contribution is -2.35. The largest absolute Gasteiger partial charge is 0.464 e. The first-order valence-electron chi connectivity index (χ1n) is 6.09. The summed E-state index contributed by atoms with van der Waals surface area (Å²) in [6.07, 6.45) is 0.739. The molecule has 0 rings (SSSR count). The zero-order valence-electron chi connectivity index (χ0n) is 11.1. The van der Waals surface area contributed by atoms with E-state index < -0.39 is 5.41 Å². The second-order valence-corrected chi connectivity index (χ2v) is 4.66. The number of hydrogen-bond acceptors (Lipinski definition) is 5. The first-order chi connectivity index (χ1) is 7.97. The number of carbonyl (C=O) groups excluding carboxylic acids is 1. The molecule has 0 aliphatic carbocycles. The first kappa shape index (κ1) is 16.4. The molecule has 0 aliphatic rings. The monoisotopic (exact) mass is 247 g/mol. The van der Waals surface area contributed by atoms with Crippen LogP contribution in [0.2, 0.25) is 0 Å². The number of aliphatic hydroxyl groups is 2. The van der Waals surface area contributed by atoms with Crippen LogP contribution in [0.25, 0.3) is 0 Å². The van der Waals surface area contributed by atoms with Gasteiger partial charge >= 0.3 is 5.97 Å². The van der Waals surface area contributed by atoms with Crippen LogP contribution in [0.4, 0.5) is 0 Å². The molecule has 0 atom stereocenters. The quantitative estimate of drug-likeness (QED) is 0.572. The fourth-order valence-electron chi connectivity index (χ4n) is 1.23. The molecule has 2 N–H and O–H groups in total. The van der Waals surface area contributed by atoms with Gasteiger partial charge in [0.25, 0.3) is 0 Å². The lowest BCUT2D eigenvalue weighted by Gasteiger charge is -2.23. The van der Waals surface area contributed by atoms with Crippen LogP contribution in [0.15, 0.2) is 0 Å². The highest BCUT2D eigenvalue weighted by molar-refractivity contribution is 5.75. The normalized spacial score (nSPS) is 11.9. The molecule has 0 bridgehead atoms. The van der Waals surface area contributed by atoms with Crippen LogP contribution in [-0.4, -0.2) is 60.5 Å². The number of hydrogen-bond donors (Lipinski definition) is 2. The molecule has 0 fully saturated rings. The van der Waals surface area contributed by atoms with E-state index in [1.807, 2.05) is 25.7 Å². The van der Waals surface area contributed by atoms with Gasteiger partial charge in [0, 0.05) is 19.6 Å². The van der Waals surface area contributed by atoms with Crippen molar-refractivity contribution in [2.24, 2.45) is 5.41 Å². The smallest absolute Gasteiger partial charge is 0.311 e. The number of nitrogens with zero attached hydrogens (tertiary/aromatic N) is 1. The van der Waals surface area contributed by atoms with Crippen molar-refractivity contribution in [3.8, 4) is 0 Å². The third-order valence-corrected chi connectivity index (χ3v) is 2.91. The highest BCUT2D eigenvalue weighted by Crippen LogP contribution is 2.21. The molecule has 0 aromatic heterocycles. The molecule has 5 nitrogen and oxygen atoms in total. The second-order valence-electron chi connectivity index (χ2n) is 4.66. The van der Waals surface area contributed by atoms with Gasteiger partial charge < -0.3 is 14.9 Å². The van der Waals surface area contributed by atoms with E-state index in [0.717, 1.165) is 6.42 Å². The van der Waals surface area contributed by atoms with Crippen molar-refractivity contribution in [1.82, 2.24) is 4.90 Å². The Morgan fingerprint density at radius 2 is 1.71 bits per heavy atom. The molecule has 0 saturated heterocycles. The van der Waals surface area contributed by atoms with Crippen molar-refractivity contribution in [2.75, 3.05) is 39.5 Å². The third-order valence-electron chi connectivity index (χ3n) is 2.91. The van der Waals surface area contributed by atoms with E-state index in [9.17, 15) is 4.79 Å². The van der Waals surface area contributed by atoms with Crippen LogP contribution in [0.1, 0.15) is 27.2 Å². The molecular formula is C12H25NO4. The molecule has 0 spiro atoms. The van der Waals surface area contributed by atoms with Gasteiger partial charge in [-0.1, -0.05) is 6.92 Å². The summed E-state index contributed by atoms with van der Waals surface area (Å²) in [7, 11) is 0. The Kier molecular flexibility index (Phi) is 8.12. The van der Waals surface area contributed by atoms with E-state index in [1.54, 1.807) is 0 Å². The van der Waals surface area contributed by atoms with E-state index in [4.69, 9.17) is 14.9 Å². The van der Waals surface area contributed by atoms with Gasteiger partial charge in [0.15, 0.2) is 0 Å². The predicted molar refractivity (Wildman–Crippen MR) is 65.6 cm³/mol.